The van der Waals surface area contributed by atoms with Gasteiger partial charge in [-0.15, -0.1) is 0 Å². The van der Waals surface area contributed by atoms with Crippen LogP contribution in [0, 0.1) is 21.4 Å². The molecule has 2 aromatic rings. The normalized spacial score (nSPS) is 10.7. The Labute approximate surface area is 133 Å². The Hall–Kier alpha value is -3.40. The summed E-state index contributed by atoms with van der Waals surface area (Å²) in [6.45, 7) is 1.82. The molecule has 0 amide bonds. The number of hydrogen-bond donors (Lipinski definition) is 1. The monoisotopic (exact) mass is 310 g/mol. The van der Waals surface area contributed by atoms with Gasteiger partial charge in [-0.05, 0) is 42.8 Å². The zero-order valence-electron chi connectivity index (χ0n) is 12.4. The third kappa shape index (κ3) is 4.54. The van der Waals surface area contributed by atoms with Gasteiger partial charge in [-0.3, -0.25) is 15.5 Å². The van der Waals surface area contributed by atoms with Crippen LogP contribution in [0.3, 0.4) is 0 Å². The number of non-ortho nitro benzene ring substituents is 1. The highest BCUT2D eigenvalue weighted by Gasteiger charge is 2.05. The summed E-state index contributed by atoms with van der Waals surface area (Å²) < 4.78 is 5.17. The Kier molecular flexibility index (Phi) is 5.25. The largest absolute Gasteiger partial charge is 0.479 e. The number of nitriles is 1. The van der Waals surface area contributed by atoms with Crippen molar-refractivity contribution in [3.63, 3.8) is 0 Å². The van der Waals surface area contributed by atoms with E-state index in [-0.39, 0.29) is 12.3 Å². The molecule has 7 nitrogen and oxygen atoms in total. The van der Waals surface area contributed by atoms with Crippen molar-refractivity contribution in [3.05, 3.63) is 64.2 Å². The third-order valence-electron chi connectivity index (χ3n) is 2.99. The Morgan fingerprint density at radius 3 is 2.74 bits per heavy atom. The number of nitrogens with one attached hydrogen (secondary N) is 1. The highest BCUT2D eigenvalue weighted by Crippen LogP contribution is 2.17. The minimum Gasteiger partial charge on any atom is -0.479 e. The van der Waals surface area contributed by atoms with Crippen LogP contribution in [0.25, 0.3) is 0 Å². The average molecular weight is 310 g/mol. The van der Waals surface area contributed by atoms with Crippen molar-refractivity contribution < 1.29 is 9.66 Å². The van der Waals surface area contributed by atoms with Gasteiger partial charge in [0.1, 0.15) is 11.8 Å². The summed E-state index contributed by atoms with van der Waals surface area (Å²) in [4.78, 5) is 10.3. The summed E-state index contributed by atoms with van der Waals surface area (Å²) in [5.74, 6) is 0.606. The number of benzene rings is 2. The average Bonchev–Trinajstić information content (AvgIpc) is 2.58. The summed E-state index contributed by atoms with van der Waals surface area (Å²) in [5.41, 5.74) is 4.91. The van der Waals surface area contributed by atoms with Gasteiger partial charge in [-0.2, -0.15) is 10.4 Å². The third-order valence-corrected chi connectivity index (χ3v) is 2.99. The molecule has 1 N–H and O–H groups in total. The maximum absolute atomic E-state index is 10.7. The van der Waals surface area contributed by atoms with E-state index in [9.17, 15) is 10.1 Å². The Bertz CT molecular complexity index is 764. The molecule has 116 valence electrons. The fraction of sp³-hybridized carbons (Fsp3) is 0.125. The van der Waals surface area contributed by atoms with Crippen molar-refractivity contribution in [1.29, 1.82) is 5.26 Å². The molecule has 0 bridgehead atoms. The zero-order chi connectivity index (χ0) is 16.7. The molecular formula is C16H14N4O3. The molecule has 0 saturated heterocycles. The quantitative estimate of drug-likeness (QED) is 0.501. The van der Waals surface area contributed by atoms with Crippen molar-refractivity contribution >= 4 is 17.1 Å². The lowest BCUT2D eigenvalue weighted by molar-refractivity contribution is -0.384. The topological polar surface area (TPSA) is 101 Å². The molecule has 0 aliphatic heterocycles. The predicted molar refractivity (Wildman–Crippen MR) is 86.5 cm³/mol. The van der Waals surface area contributed by atoms with E-state index in [0.29, 0.717) is 17.1 Å². The van der Waals surface area contributed by atoms with Gasteiger partial charge in [-0.25, -0.2) is 0 Å². The number of anilines is 1. The van der Waals surface area contributed by atoms with Crippen LogP contribution in [0.2, 0.25) is 0 Å². The lowest BCUT2D eigenvalue weighted by Crippen LogP contribution is -2.00. The summed E-state index contributed by atoms with van der Waals surface area (Å²) in [6.07, 6.45) is 0. The van der Waals surface area contributed by atoms with Gasteiger partial charge >= 0.3 is 0 Å². The fourth-order valence-electron chi connectivity index (χ4n) is 1.81. The Morgan fingerprint density at radius 2 is 2.09 bits per heavy atom. The van der Waals surface area contributed by atoms with Crippen molar-refractivity contribution in [2.75, 3.05) is 12.0 Å². The number of nitro benzene ring substituents is 1. The predicted octanol–water partition coefficient (Wildman–Crippen LogP) is 3.33. The first kappa shape index (κ1) is 16.0. The first-order chi connectivity index (χ1) is 11.1. The number of nitrogens with zero attached hydrogens (tertiary/aromatic N) is 3. The highest BCUT2D eigenvalue weighted by atomic mass is 16.6. The number of ether oxygens (including phenoxy) is 1. The highest BCUT2D eigenvalue weighted by molar-refractivity contribution is 5.99. The fourth-order valence-corrected chi connectivity index (χ4v) is 1.81. The van der Waals surface area contributed by atoms with E-state index in [1.807, 2.05) is 25.1 Å². The molecule has 0 aliphatic carbocycles. The van der Waals surface area contributed by atoms with Gasteiger partial charge in [0, 0.05) is 12.1 Å². The molecule has 7 heteroatoms. The van der Waals surface area contributed by atoms with Crippen molar-refractivity contribution in [2.24, 2.45) is 5.10 Å². The van der Waals surface area contributed by atoms with Crippen LogP contribution in [-0.2, 0) is 0 Å². The Balaban J connectivity index is 2.06. The van der Waals surface area contributed by atoms with Crippen molar-refractivity contribution in [3.8, 4) is 11.8 Å². The lowest BCUT2D eigenvalue weighted by atomic mass is 10.1. The molecule has 0 saturated carbocycles. The summed E-state index contributed by atoms with van der Waals surface area (Å²) in [5, 5.41) is 23.4. The first-order valence-corrected chi connectivity index (χ1v) is 6.75. The van der Waals surface area contributed by atoms with E-state index in [2.05, 4.69) is 10.5 Å². The van der Waals surface area contributed by atoms with E-state index < -0.39 is 4.92 Å². The molecule has 23 heavy (non-hydrogen) atoms. The summed E-state index contributed by atoms with van der Waals surface area (Å²) in [6, 6.07) is 15.2. The molecule has 0 heterocycles. The SMILES string of the molecule is C/C(=N/Nc1cccc([N+](=O)[O-])c1)c1ccc(OCC#N)cc1. The van der Waals surface area contributed by atoms with Crippen molar-refractivity contribution in [2.45, 2.75) is 6.92 Å². The second-order valence-electron chi connectivity index (χ2n) is 4.59. The van der Waals surface area contributed by atoms with Crippen molar-refractivity contribution in [1.82, 2.24) is 0 Å². The molecule has 2 aromatic carbocycles. The molecule has 0 radical (unpaired) electrons. The van der Waals surface area contributed by atoms with Crippen LogP contribution in [0.15, 0.2) is 53.6 Å². The molecular weight excluding hydrogens is 296 g/mol. The summed E-state index contributed by atoms with van der Waals surface area (Å²) >= 11 is 0. The van der Waals surface area contributed by atoms with E-state index >= 15 is 0 Å². The van der Waals surface area contributed by atoms with Gasteiger partial charge < -0.3 is 4.74 Å². The standard InChI is InChI=1S/C16H14N4O3/c1-12(13-5-7-16(8-6-13)23-10-9-17)18-19-14-3-2-4-15(11-14)20(21)22/h2-8,11,19H,10H2,1H3/b18-12-. The number of hydrogen-bond acceptors (Lipinski definition) is 6. The molecule has 0 unspecified atom stereocenters. The Morgan fingerprint density at radius 1 is 1.35 bits per heavy atom. The van der Waals surface area contributed by atoms with Crippen LogP contribution < -0.4 is 10.2 Å². The van der Waals surface area contributed by atoms with E-state index in [1.54, 1.807) is 24.3 Å². The minimum absolute atomic E-state index is 0.000754. The van der Waals surface area contributed by atoms with Gasteiger partial charge in [0.25, 0.3) is 5.69 Å². The van der Waals surface area contributed by atoms with Gasteiger partial charge in [0.05, 0.1) is 16.3 Å². The molecule has 0 atom stereocenters. The summed E-state index contributed by atoms with van der Waals surface area (Å²) in [7, 11) is 0. The first-order valence-electron chi connectivity index (χ1n) is 6.75. The lowest BCUT2D eigenvalue weighted by Gasteiger charge is -2.05. The van der Waals surface area contributed by atoms with E-state index in [0.717, 1.165) is 5.56 Å². The maximum Gasteiger partial charge on any atom is 0.271 e. The molecule has 0 aromatic heterocycles. The molecule has 2 rings (SSSR count). The van der Waals surface area contributed by atoms with Gasteiger partial charge in [0.15, 0.2) is 6.61 Å². The molecule has 0 aliphatic rings. The van der Waals surface area contributed by atoms with E-state index in [1.165, 1.54) is 12.1 Å². The second kappa shape index (κ2) is 7.56. The molecule has 0 spiro atoms. The van der Waals surface area contributed by atoms with Gasteiger partial charge in [0.2, 0.25) is 0 Å². The van der Waals surface area contributed by atoms with Crippen LogP contribution in [0.5, 0.6) is 5.75 Å². The minimum atomic E-state index is -0.457. The van der Waals surface area contributed by atoms with Crippen LogP contribution in [0.1, 0.15) is 12.5 Å². The number of hydrazone groups is 1. The smallest absolute Gasteiger partial charge is 0.271 e. The second-order valence-corrected chi connectivity index (χ2v) is 4.59. The van der Waals surface area contributed by atoms with Crippen LogP contribution in [-0.4, -0.2) is 17.2 Å². The zero-order valence-corrected chi connectivity index (χ0v) is 12.4. The van der Waals surface area contributed by atoms with Crippen LogP contribution in [0.4, 0.5) is 11.4 Å². The maximum atomic E-state index is 10.7. The number of rotatable bonds is 6. The van der Waals surface area contributed by atoms with Crippen LogP contribution >= 0.6 is 0 Å². The number of nitro groups is 1. The van der Waals surface area contributed by atoms with Gasteiger partial charge in [-0.1, -0.05) is 6.07 Å². The van der Waals surface area contributed by atoms with E-state index in [4.69, 9.17) is 10.00 Å². The molecule has 0 fully saturated rings.